The topological polar surface area (TPSA) is 58.1 Å². The molecule has 25 heavy (non-hydrogen) atoms. The highest BCUT2D eigenvalue weighted by Gasteiger charge is 2.28. The lowest BCUT2D eigenvalue weighted by molar-refractivity contribution is -0.00834. The van der Waals surface area contributed by atoms with Gasteiger partial charge in [0.25, 0.3) is 0 Å². The number of hydrogen-bond acceptors (Lipinski definition) is 4. The molecule has 0 radical (unpaired) electrons. The van der Waals surface area contributed by atoms with Gasteiger partial charge in [0.1, 0.15) is 5.75 Å². The molecular weight excluding hydrogens is 431 g/mol. The molecular formula is C18H31IN4O2. The summed E-state index contributed by atoms with van der Waals surface area (Å²) in [5, 5.41) is 6.78. The summed E-state index contributed by atoms with van der Waals surface area (Å²) in [6.45, 7) is 9.61. The number of guanidine groups is 1. The molecule has 1 heterocycles. The minimum atomic E-state index is 0. The van der Waals surface area contributed by atoms with E-state index in [1.165, 1.54) is 0 Å². The second-order valence-electron chi connectivity index (χ2n) is 6.54. The van der Waals surface area contributed by atoms with Crippen molar-refractivity contribution in [2.45, 2.75) is 25.9 Å². The molecule has 1 aliphatic heterocycles. The van der Waals surface area contributed by atoms with Crippen molar-refractivity contribution >= 4 is 29.9 Å². The molecule has 1 aromatic carbocycles. The molecule has 1 fully saturated rings. The number of hydrogen-bond donors (Lipinski definition) is 2. The van der Waals surface area contributed by atoms with Crippen LogP contribution in [0.4, 0.5) is 0 Å². The summed E-state index contributed by atoms with van der Waals surface area (Å²) in [6.07, 6.45) is 0. The summed E-state index contributed by atoms with van der Waals surface area (Å²) in [4.78, 5) is 6.77. The Balaban J connectivity index is 0.00000312. The monoisotopic (exact) mass is 462 g/mol. The van der Waals surface area contributed by atoms with E-state index in [-0.39, 0.29) is 29.5 Å². The summed E-state index contributed by atoms with van der Waals surface area (Å²) in [6, 6.07) is 8.04. The van der Waals surface area contributed by atoms with E-state index in [0.29, 0.717) is 6.54 Å². The van der Waals surface area contributed by atoms with E-state index < -0.39 is 0 Å². The van der Waals surface area contributed by atoms with Gasteiger partial charge in [0.2, 0.25) is 0 Å². The van der Waals surface area contributed by atoms with E-state index in [1.54, 1.807) is 14.2 Å². The van der Waals surface area contributed by atoms with E-state index in [4.69, 9.17) is 9.47 Å². The van der Waals surface area contributed by atoms with Crippen molar-refractivity contribution in [3.8, 4) is 5.75 Å². The van der Waals surface area contributed by atoms with Crippen molar-refractivity contribution < 1.29 is 9.47 Å². The van der Waals surface area contributed by atoms with Gasteiger partial charge in [-0.05, 0) is 31.5 Å². The molecule has 7 heteroatoms. The summed E-state index contributed by atoms with van der Waals surface area (Å²) in [5.41, 5.74) is 1.21. The highest BCUT2D eigenvalue weighted by atomic mass is 127. The lowest BCUT2D eigenvalue weighted by atomic mass is 10.0. The van der Waals surface area contributed by atoms with Crippen LogP contribution in [0.15, 0.2) is 29.3 Å². The van der Waals surface area contributed by atoms with Crippen LogP contribution in [0.2, 0.25) is 0 Å². The lowest BCUT2D eigenvalue weighted by Crippen LogP contribution is -2.56. The number of halogens is 1. The predicted molar refractivity (Wildman–Crippen MR) is 113 cm³/mol. The van der Waals surface area contributed by atoms with Gasteiger partial charge in [-0.3, -0.25) is 9.89 Å². The van der Waals surface area contributed by atoms with E-state index in [9.17, 15) is 0 Å². The molecule has 2 N–H and O–H groups in total. The third kappa shape index (κ3) is 6.99. The largest absolute Gasteiger partial charge is 0.497 e. The van der Waals surface area contributed by atoms with Crippen LogP contribution < -0.4 is 15.4 Å². The molecule has 1 aromatic rings. The zero-order valence-corrected chi connectivity index (χ0v) is 18.0. The number of benzene rings is 1. The van der Waals surface area contributed by atoms with Crippen molar-refractivity contribution in [1.82, 2.24) is 15.5 Å². The van der Waals surface area contributed by atoms with Gasteiger partial charge >= 0.3 is 0 Å². The summed E-state index contributed by atoms with van der Waals surface area (Å²) >= 11 is 0. The first kappa shape index (κ1) is 22.0. The van der Waals surface area contributed by atoms with Gasteiger partial charge in [0.05, 0.1) is 20.3 Å². The Hall–Kier alpha value is -1.06. The van der Waals surface area contributed by atoms with Crippen molar-refractivity contribution in [2.75, 3.05) is 47.0 Å². The molecule has 0 aliphatic carbocycles. The normalized spacial score (nSPS) is 16.1. The molecule has 1 aliphatic rings. The van der Waals surface area contributed by atoms with Gasteiger partial charge < -0.3 is 20.1 Å². The summed E-state index contributed by atoms with van der Waals surface area (Å²) in [7, 11) is 3.48. The fourth-order valence-corrected chi connectivity index (χ4v) is 2.77. The number of methoxy groups -OCH3 is 1. The number of morpholine rings is 1. The molecule has 0 unspecified atom stereocenters. The Kier molecular flexibility index (Phi) is 9.52. The van der Waals surface area contributed by atoms with E-state index >= 15 is 0 Å². The van der Waals surface area contributed by atoms with E-state index in [0.717, 1.165) is 50.1 Å². The molecule has 142 valence electrons. The maximum atomic E-state index is 5.44. The maximum absolute atomic E-state index is 5.44. The molecule has 0 amide bonds. The SMILES string of the molecule is CN=C(NCc1cccc(OC)c1)NCC(C)(C)N1CCOCC1.I. The standard InChI is InChI=1S/C18H30N4O2.HI/c1-18(2,22-8-10-24-11-9-22)14-21-17(19-3)20-13-15-6-5-7-16(12-15)23-4;/h5-7,12H,8-11,13-14H2,1-4H3,(H2,19,20,21);1H. The highest BCUT2D eigenvalue weighted by molar-refractivity contribution is 14.0. The van der Waals surface area contributed by atoms with Gasteiger partial charge in [-0.25, -0.2) is 0 Å². The van der Waals surface area contributed by atoms with Crippen LogP contribution >= 0.6 is 24.0 Å². The quantitative estimate of drug-likeness (QED) is 0.385. The Bertz CT molecular complexity index is 546. The highest BCUT2D eigenvalue weighted by Crippen LogP contribution is 2.15. The molecule has 0 saturated carbocycles. The third-order valence-electron chi connectivity index (χ3n) is 4.37. The van der Waals surface area contributed by atoms with Crippen LogP contribution in [0.5, 0.6) is 5.75 Å². The zero-order chi connectivity index (χ0) is 17.4. The molecule has 2 rings (SSSR count). The van der Waals surface area contributed by atoms with Crippen LogP contribution in [0.25, 0.3) is 0 Å². The molecule has 0 atom stereocenters. The average Bonchev–Trinajstić information content (AvgIpc) is 2.62. The van der Waals surface area contributed by atoms with Gasteiger partial charge in [-0.1, -0.05) is 12.1 Å². The minimum absolute atomic E-state index is 0. The number of aliphatic imine (C=N–C) groups is 1. The number of nitrogens with one attached hydrogen (secondary N) is 2. The summed E-state index contributed by atoms with van der Waals surface area (Å²) in [5.74, 6) is 1.67. The molecule has 0 bridgehead atoms. The minimum Gasteiger partial charge on any atom is -0.497 e. The van der Waals surface area contributed by atoms with Crippen LogP contribution in [0, 0.1) is 0 Å². The Labute approximate surface area is 168 Å². The second-order valence-corrected chi connectivity index (χ2v) is 6.54. The Morgan fingerprint density at radius 3 is 2.64 bits per heavy atom. The second kappa shape index (κ2) is 10.8. The zero-order valence-electron chi connectivity index (χ0n) is 15.7. The fraction of sp³-hybridized carbons (Fsp3) is 0.611. The maximum Gasteiger partial charge on any atom is 0.191 e. The molecule has 1 saturated heterocycles. The van der Waals surface area contributed by atoms with Crippen LogP contribution in [0.3, 0.4) is 0 Å². The predicted octanol–water partition coefficient (Wildman–Crippen LogP) is 2.09. The van der Waals surface area contributed by atoms with Crippen LogP contribution in [-0.4, -0.2) is 63.4 Å². The summed E-state index contributed by atoms with van der Waals surface area (Å²) < 4.78 is 10.7. The number of rotatable bonds is 6. The van der Waals surface area contributed by atoms with E-state index in [1.807, 2.05) is 18.2 Å². The molecule has 6 nitrogen and oxygen atoms in total. The van der Waals surface area contributed by atoms with Crippen molar-refractivity contribution in [1.29, 1.82) is 0 Å². The lowest BCUT2D eigenvalue weighted by Gasteiger charge is -2.41. The van der Waals surface area contributed by atoms with Crippen molar-refractivity contribution in [3.63, 3.8) is 0 Å². The average molecular weight is 462 g/mol. The van der Waals surface area contributed by atoms with Gasteiger partial charge in [0, 0.05) is 38.8 Å². The molecule has 0 spiro atoms. The fourth-order valence-electron chi connectivity index (χ4n) is 2.77. The van der Waals surface area contributed by atoms with Crippen molar-refractivity contribution in [3.05, 3.63) is 29.8 Å². The Morgan fingerprint density at radius 1 is 1.28 bits per heavy atom. The number of nitrogens with zero attached hydrogens (tertiary/aromatic N) is 2. The third-order valence-corrected chi connectivity index (χ3v) is 4.37. The van der Waals surface area contributed by atoms with Gasteiger partial charge in [0.15, 0.2) is 5.96 Å². The van der Waals surface area contributed by atoms with Crippen LogP contribution in [0.1, 0.15) is 19.4 Å². The first-order valence-electron chi connectivity index (χ1n) is 8.45. The van der Waals surface area contributed by atoms with Crippen LogP contribution in [-0.2, 0) is 11.3 Å². The Morgan fingerprint density at radius 2 is 2.00 bits per heavy atom. The van der Waals surface area contributed by atoms with E-state index in [2.05, 4.69) is 40.4 Å². The number of ether oxygens (including phenoxy) is 2. The van der Waals surface area contributed by atoms with Gasteiger partial charge in [-0.15, -0.1) is 24.0 Å². The molecule has 0 aromatic heterocycles. The van der Waals surface area contributed by atoms with Crippen molar-refractivity contribution in [2.24, 2.45) is 4.99 Å². The smallest absolute Gasteiger partial charge is 0.191 e. The first-order valence-corrected chi connectivity index (χ1v) is 8.45. The first-order chi connectivity index (χ1) is 11.5. The van der Waals surface area contributed by atoms with Gasteiger partial charge in [-0.2, -0.15) is 0 Å².